The summed E-state index contributed by atoms with van der Waals surface area (Å²) in [5, 5.41) is 1.20. The molecule has 0 aliphatic rings. The van der Waals surface area contributed by atoms with Crippen molar-refractivity contribution in [1.29, 1.82) is 0 Å². The lowest BCUT2D eigenvalue weighted by Crippen LogP contribution is -2.75. The summed E-state index contributed by atoms with van der Waals surface area (Å²) < 4.78 is 343. The molecule has 71 heavy (non-hydrogen) atoms. The van der Waals surface area contributed by atoms with Crippen LogP contribution in [0.2, 0.25) is 0 Å². The maximum Gasteiger partial charge on any atom is 0.416 e. The van der Waals surface area contributed by atoms with Gasteiger partial charge in [-0.2, -0.15) is 127 Å². The van der Waals surface area contributed by atoms with E-state index in [-0.39, 0.29) is 0 Å². The van der Waals surface area contributed by atoms with E-state index in [1.165, 1.54) is 5.39 Å². The molecule has 384 valence electrons. The van der Waals surface area contributed by atoms with Gasteiger partial charge in [0.15, 0.2) is 6.61 Å². The normalized spacial score (nSPS) is 13.5. The van der Waals surface area contributed by atoms with Crippen LogP contribution >= 0.6 is 0 Å². The van der Waals surface area contributed by atoms with Crippen LogP contribution in [-0.2, 0) is 49.4 Å². The van der Waals surface area contributed by atoms with Crippen molar-refractivity contribution in [2.24, 2.45) is 0 Å². The summed E-state index contributed by atoms with van der Waals surface area (Å²) in [4.78, 5) is 5.57. The Kier molecular flexibility index (Phi) is 14.7. The zero-order valence-electron chi connectivity index (χ0n) is 35.1. The van der Waals surface area contributed by atoms with E-state index in [9.17, 15) is 105 Å². The van der Waals surface area contributed by atoms with Crippen LogP contribution < -0.4 is 31.4 Å². The Morgan fingerprint density at radius 3 is 0.817 bits per heavy atom. The highest BCUT2D eigenvalue weighted by Crippen LogP contribution is 2.41. The van der Waals surface area contributed by atoms with Crippen molar-refractivity contribution in [2.75, 3.05) is 6.61 Å². The lowest BCUT2D eigenvalue weighted by molar-refractivity contribution is -0.874. The standard InChI is InChI=1S/C32H12BF24.C12H14NO/c34-25(35,36)13-1-14(26(37,38)39)6-21(5-13)33(22-7-15(27(40,41)42)2-16(8-22)28(43,44)45,23-9-17(29(46,47)48)3-18(10-23)30(49,50)51)24-11-19(31(52,53)54)4-20(12-24)32(55,56)57;1-3-14-13-10(2)8-9-11-6-4-5-7-12(11)13/h1-12H;4-9H,3H2,1-2H3/q-1;+1. The van der Waals surface area contributed by atoms with Crippen LogP contribution in [0.1, 0.15) is 57.1 Å². The summed E-state index contributed by atoms with van der Waals surface area (Å²) in [5.41, 5.74) is -28.0. The van der Waals surface area contributed by atoms with Gasteiger partial charge in [-0.1, -0.05) is 60.7 Å². The van der Waals surface area contributed by atoms with Gasteiger partial charge in [-0.25, -0.2) is 0 Å². The molecular weight excluding hydrogens is 1030 g/mol. The van der Waals surface area contributed by atoms with Crippen molar-refractivity contribution >= 4 is 38.9 Å². The molecule has 6 aromatic rings. The number of halogens is 24. The van der Waals surface area contributed by atoms with E-state index in [0.29, 0.717) is 6.61 Å². The largest absolute Gasteiger partial charge is 0.416 e. The molecule has 0 aliphatic carbocycles. The van der Waals surface area contributed by atoms with E-state index < -0.39 is 195 Å². The highest BCUT2D eigenvalue weighted by Gasteiger charge is 2.47. The molecule has 0 unspecified atom stereocenters. The molecule has 0 N–H and O–H groups in total. The number of hydrogen-bond acceptors (Lipinski definition) is 1. The molecule has 0 fully saturated rings. The second-order valence-corrected chi connectivity index (χ2v) is 15.5. The second-order valence-electron chi connectivity index (χ2n) is 15.5. The summed E-state index contributed by atoms with van der Waals surface area (Å²) in [6, 6.07) is 3.58. The van der Waals surface area contributed by atoms with Gasteiger partial charge in [0.25, 0.3) is 5.52 Å². The minimum absolute atomic E-state index is 0.680. The number of nitrogens with zero attached hydrogens (tertiary/aromatic N) is 1. The van der Waals surface area contributed by atoms with Gasteiger partial charge in [0.05, 0.1) is 49.9 Å². The summed E-state index contributed by atoms with van der Waals surface area (Å²) in [6.07, 6.45) is -54.8. The zero-order valence-corrected chi connectivity index (χ0v) is 35.1. The van der Waals surface area contributed by atoms with Gasteiger partial charge in [0.2, 0.25) is 5.69 Å². The quantitative estimate of drug-likeness (QED) is 0.0920. The molecule has 0 radical (unpaired) electrons. The molecule has 0 saturated carbocycles. The number of para-hydroxylation sites is 1. The highest BCUT2D eigenvalue weighted by atomic mass is 19.4. The van der Waals surface area contributed by atoms with Crippen molar-refractivity contribution < 1.29 is 115 Å². The minimum Gasteiger partial charge on any atom is -0.271 e. The monoisotopic (exact) mass is 1050 g/mol. The fraction of sp³-hybridized carbons (Fsp3) is 0.250. The summed E-state index contributed by atoms with van der Waals surface area (Å²) in [6.45, 7) is 4.72. The Bertz CT molecular complexity index is 2460. The van der Waals surface area contributed by atoms with Crippen LogP contribution in [0.5, 0.6) is 0 Å². The molecule has 0 atom stereocenters. The van der Waals surface area contributed by atoms with Crippen molar-refractivity contribution in [2.45, 2.75) is 63.3 Å². The van der Waals surface area contributed by atoms with Gasteiger partial charge in [-0.15, -0.1) is 0 Å². The minimum atomic E-state index is -6.13. The predicted octanol–water partition coefficient (Wildman–Crippen LogP) is 13.1. The lowest BCUT2D eigenvalue weighted by Gasteiger charge is -2.46. The van der Waals surface area contributed by atoms with E-state index in [1.807, 2.05) is 30.7 Å². The summed E-state index contributed by atoms with van der Waals surface area (Å²) in [5.74, 6) is 0. The Morgan fingerprint density at radius 1 is 0.352 bits per heavy atom. The topological polar surface area (TPSA) is 13.1 Å². The fourth-order valence-electron chi connectivity index (χ4n) is 7.65. The summed E-state index contributed by atoms with van der Waals surface area (Å²) in [7, 11) is 0. The first-order chi connectivity index (χ1) is 32.1. The molecule has 6 rings (SSSR count). The molecule has 1 aromatic heterocycles. The molecule has 0 spiro atoms. The molecule has 0 bridgehead atoms. The van der Waals surface area contributed by atoms with Crippen LogP contribution in [0.4, 0.5) is 105 Å². The SMILES string of the molecule is CCO[n+]1c(C)ccc2ccccc21.FC(F)(F)c1cc([B-](c2cc(C(F)(F)F)cc(C(F)(F)F)c2)(c2cc(C(F)(F)F)cc(C(F)(F)F)c2)c2cc(C(F)(F)F)cc(C(F)(F)F)c2)cc(C(F)(F)F)c1. The third-order valence-corrected chi connectivity index (χ3v) is 10.7. The molecule has 0 aliphatic heterocycles. The first-order valence-electron chi connectivity index (χ1n) is 19.5. The fourth-order valence-corrected chi connectivity index (χ4v) is 7.65. The van der Waals surface area contributed by atoms with Crippen molar-refractivity contribution in [1.82, 2.24) is 0 Å². The Hall–Kier alpha value is -6.31. The maximum absolute atomic E-state index is 14.2. The number of fused-ring (bicyclic) bond motifs is 1. The van der Waals surface area contributed by atoms with Gasteiger partial charge in [0.1, 0.15) is 6.15 Å². The van der Waals surface area contributed by atoms with E-state index >= 15 is 0 Å². The van der Waals surface area contributed by atoms with Gasteiger partial charge in [-0.05, 0) is 43.3 Å². The predicted molar refractivity (Wildman–Crippen MR) is 206 cm³/mol. The number of aryl methyl sites for hydroxylation is 1. The van der Waals surface area contributed by atoms with Crippen LogP contribution in [0.25, 0.3) is 10.9 Å². The molecule has 0 amide bonds. The Morgan fingerprint density at radius 2 is 0.592 bits per heavy atom. The number of aromatic nitrogens is 1. The first-order valence-corrected chi connectivity index (χ1v) is 19.5. The van der Waals surface area contributed by atoms with E-state index in [4.69, 9.17) is 4.84 Å². The maximum atomic E-state index is 14.2. The van der Waals surface area contributed by atoms with Gasteiger partial charge in [-0.3, -0.25) is 4.84 Å². The number of pyridine rings is 1. The van der Waals surface area contributed by atoms with Gasteiger partial charge in [0, 0.05) is 23.8 Å². The number of benzene rings is 5. The molecule has 0 saturated heterocycles. The van der Waals surface area contributed by atoms with Gasteiger partial charge >= 0.3 is 49.4 Å². The van der Waals surface area contributed by atoms with Crippen LogP contribution in [0.3, 0.4) is 0 Å². The third kappa shape index (κ3) is 12.2. The number of alkyl halides is 24. The van der Waals surface area contributed by atoms with Crippen molar-refractivity contribution in [3.63, 3.8) is 0 Å². The average molecular weight is 1050 g/mol. The molecule has 2 nitrogen and oxygen atoms in total. The van der Waals surface area contributed by atoms with Crippen molar-refractivity contribution in [3.8, 4) is 0 Å². The van der Waals surface area contributed by atoms with Crippen LogP contribution in [-0.4, -0.2) is 12.8 Å². The van der Waals surface area contributed by atoms with E-state index in [1.54, 1.807) is 0 Å². The van der Waals surface area contributed by atoms with E-state index in [0.717, 1.165) is 11.2 Å². The first kappa shape index (κ1) is 55.6. The third-order valence-electron chi connectivity index (χ3n) is 10.7. The lowest BCUT2D eigenvalue weighted by atomic mass is 9.12. The van der Waals surface area contributed by atoms with Gasteiger partial charge < -0.3 is 0 Å². The molecule has 1 heterocycles. The van der Waals surface area contributed by atoms with Crippen LogP contribution in [0, 0.1) is 6.92 Å². The molecule has 5 aromatic carbocycles. The highest BCUT2D eigenvalue weighted by molar-refractivity contribution is 7.20. The Labute approximate surface area is 382 Å². The molecule has 27 heteroatoms. The van der Waals surface area contributed by atoms with Crippen molar-refractivity contribution in [3.05, 3.63) is 159 Å². The van der Waals surface area contributed by atoms with E-state index in [2.05, 4.69) is 24.3 Å². The van der Waals surface area contributed by atoms with Crippen LogP contribution in [0.15, 0.2) is 109 Å². The molecular formula is C44H26BF24NO. The average Bonchev–Trinajstić information content (AvgIpc) is 3.22. The number of rotatable bonds is 6. The number of hydrogen-bond donors (Lipinski definition) is 0. The Balaban J connectivity index is 0.000000569. The summed E-state index contributed by atoms with van der Waals surface area (Å²) >= 11 is 0. The second kappa shape index (κ2) is 18.7. The zero-order chi connectivity index (χ0) is 53.9. The smallest absolute Gasteiger partial charge is 0.271 e.